The number of rotatable bonds is 5. The van der Waals surface area contributed by atoms with Crippen molar-refractivity contribution in [1.29, 1.82) is 0 Å². The highest BCUT2D eigenvalue weighted by atomic mass is 16.5. The number of ether oxygens (including phenoxy) is 1. The molecule has 2 amide bonds. The number of hydrogen-bond donors (Lipinski definition) is 2. The second-order valence-corrected chi connectivity index (χ2v) is 9.54. The van der Waals surface area contributed by atoms with Crippen LogP contribution in [0, 0.1) is 30.1 Å². The zero-order chi connectivity index (χ0) is 19.4. The molecule has 0 radical (unpaired) electrons. The molecule has 5 nitrogen and oxygen atoms in total. The molecule has 27 heavy (non-hydrogen) atoms. The Hall–Kier alpha value is -2.04. The molecule has 0 aromatic heterocycles. The van der Waals surface area contributed by atoms with E-state index in [0.717, 1.165) is 37.7 Å². The Morgan fingerprint density at radius 2 is 1.70 bits per heavy atom. The molecular formula is C22H30N2O3. The number of nitrogens with one attached hydrogen (secondary N) is 1. The topological polar surface area (TPSA) is 81.4 Å². The first-order valence-corrected chi connectivity index (χ1v) is 10.1. The van der Waals surface area contributed by atoms with Crippen LogP contribution in [0.25, 0.3) is 0 Å². The fourth-order valence-corrected chi connectivity index (χ4v) is 5.83. The number of carbonyl (C=O) groups excluding carboxylic acids is 2. The fraction of sp³-hybridized carbons (Fsp3) is 0.636. The van der Waals surface area contributed by atoms with Crippen LogP contribution in [0.3, 0.4) is 0 Å². The Morgan fingerprint density at radius 1 is 1.11 bits per heavy atom. The van der Waals surface area contributed by atoms with Gasteiger partial charge in [-0.15, -0.1) is 0 Å². The summed E-state index contributed by atoms with van der Waals surface area (Å²) in [7, 11) is 0. The molecule has 2 atom stereocenters. The molecule has 0 spiro atoms. The van der Waals surface area contributed by atoms with Gasteiger partial charge in [0.25, 0.3) is 5.91 Å². The molecule has 1 aromatic carbocycles. The summed E-state index contributed by atoms with van der Waals surface area (Å²) in [4.78, 5) is 25.1. The average molecular weight is 370 g/mol. The molecule has 1 aromatic rings. The van der Waals surface area contributed by atoms with Crippen molar-refractivity contribution in [3.63, 3.8) is 0 Å². The molecule has 4 aliphatic rings. The van der Waals surface area contributed by atoms with E-state index in [2.05, 4.69) is 5.32 Å². The van der Waals surface area contributed by atoms with E-state index in [9.17, 15) is 9.59 Å². The number of primary amides is 1. The van der Waals surface area contributed by atoms with E-state index < -0.39 is 5.60 Å². The van der Waals surface area contributed by atoms with E-state index in [-0.39, 0.29) is 23.3 Å². The Morgan fingerprint density at radius 3 is 2.26 bits per heavy atom. The number of carbonyl (C=O) groups is 2. The van der Waals surface area contributed by atoms with E-state index in [4.69, 9.17) is 10.5 Å². The Balaban J connectivity index is 1.45. The second kappa shape index (κ2) is 6.25. The van der Waals surface area contributed by atoms with Crippen molar-refractivity contribution in [2.24, 2.45) is 28.9 Å². The minimum absolute atomic E-state index is 0.0892. The molecular weight excluding hydrogens is 340 g/mol. The van der Waals surface area contributed by atoms with Gasteiger partial charge in [0.2, 0.25) is 5.91 Å². The van der Waals surface area contributed by atoms with Crippen LogP contribution < -0.4 is 15.8 Å². The molecule has 2 unspecified atom stereocenters. The maximum atomic E-state index is 13.0. The summed E-state index contributed by atoms with van der Waals surface area (Å²) < 4.78 is 5.98. The molecule has 4 aliphatic carbocycles. The van der Waals surface area contributed by atoms with E-state index in [1.807, 2.05) is 45.0 Å². The van der Waals surface area contributed by atoms with Gasteiger partial charge in [0.1, 0.15) is 5.75 Å². The van der Waals surface area contributed by atoms with Crippen LogP contribution in [0.2, 0.25) is 0 Å². The second-order valence-electron chi connectivity index (χ2n) is 9.54. The monoisotopic (exact) mass is 370 g/mol. The van der Waals surface area contributed by atoms with Gasteiger partial charge in [-0.2, -0.15) is 0 Å². The van der Waals surface area contributed by atoms with Gasteiger partial charge in [-0.1, -0.05) is 17.7 Å². The molecule has 4 bridgehead atoms. The van der Waals surface area contributed by atoms with Crippen LogP contribution in [0.15, 0.2) is 24.3 Å². The van der Waals surface area contributed by atoms with Crippen molar-refractivity contribution in [1.82, 2.24) is 5.32 Å². The lowest BCUT2D eigenvalue weighted by Crippen LogP contribution is -2.63. The van der Waals surface area contributed by atoms with Crippen molar-refractivity contribution < 1.29 is 14.3 Å². The smallest absolute Gasteiger partial charge is 0.263 e. The summed E-state index contributed by atoms with van der Waals surface area (Å²) in [5.74, 6) is 1.74. The largest absolute Gasteiger partial charge is 0.478 e. The third kappa shape index (κ3) is 3.21. The highest BCUT2D eigenvalue weighted by molar-refractivity contribution is 5.85. The summed E-state index contributed by atoms with van der Waals surface area (Å²) in [6.45, 7) is 5.64. The quantitative estimate of drug-likeness (QED) is 0.836. The first-order chi connectivity index (χ1) is 12.7. The maximum absolute atomic E-state index is 13.0. The van der Waals surface area contributed by atoms with Crippen LogP contribution in [-0.4, -0.2) is 23.5 Å². The summed E-state index contributed by atoms with van der Waals surface area (Å²) >= 11 is 0. The van der Waals surface area contributed by atoms with E-state index >= 15 is 0 Å². The first-order valence-electron chi connectivity index (χ1n) is 10.1. The van der Waals surface area contributed by atoms with Gasteiger partial charge >= 0.3 is 0 Å². The molecule has 4 saturated carbocycles. The molecule has 0 aliphatic heterocycles. The molecule has 5 rings (SSSR count). The van der Waals surface area contributed by atoms with E-state index in [1.54, 1.807) is 0 Å². The van der Waals surface area contributed by atoms with Crippen LogP contribution in [0.1, 0.15) is 51.5 Å². The summed E-state index contributed by atoms with van der Waals surface area (Å²) in [6, 6.07) is 7.87. The minimum Gasteiger partial charge on any atom is -0.478 e. The number of aryl methyl sites for hydroxylation is 1. The number of benzene rings is 1. The lowest BCUT2D eigenvalue weighted by Gasteiger charge is -2.59. The minimum atomic E-state index is -0.953. The average Bonchev–Trinajstić information content (AvgIpc) is 2.59. The zero-order valence-electron chi connectivity index (χ0n) is 16.5. The van der Waals surface area contributed by atoms with Crippen LogP contribution >= 0.6 is 0 Å². The van der Waals surface area contributed by atoms with Crippen molar-refractivity contribution in [2.45, 2.75) is 64.5 Å². The first kappa shape index (κ1) is 18.3. The van der Waals surface area contributed by atoms with E-state index in [1.165, 1.54) is 0 Å². The van der Waals surface area contributed by atoms with E-state index in [0.29, 0.717) is 23.5 Å². The molecule has 146 valence electrons. The van der Waals surface area contributed by atoms with Gasteiger partial charge in [-0.3, -0.25) is 9.59 Å². The van der Waals surface area contributed by atoms with Gasteiger partial charge in [0, 0.05) is 11.5 Å². The predicted octanol–water partition coefficient (Wildman–Crippen LogP) is 2.95. The lowest BCUT2D eigenvalue weighted by atomic mass is 9.47. The Kier molecular flexibility index (Phi) is 4.24. The lowest BCUT2D eigenvalue weighted by molar-refractivity contribution is -0.150. The van der Waals surface area contributed by atoms with Gasteiger partial charge in [-0.25, -0.2) is 0 Å². The zero-order valence-corrected chi connectivity index (χ0v) is 16.5. The number of hydrogen-bond acceptors (Lipinski definition) is 3. The van der Waals surface area contributed by atoms with Crippen LogP contribution in [0.5, 0.6) is 5.75 Å². The van der Waals surface area contributed by atoms with Gasteiger partial charge in [-0.05, 0) is 82.8 Å². The third-order valence-electron chi connectivity index (χ3n) is 7.03. The van der Waals surface area contributed by atoms with Crippen molar-refractivity contribution >= 4 is 11.8 Å². The fourth-order valence-electron chi connectivity index (χ4n) is 5.83. The van der Waals surface area contributed by atoms with Gasteiger partial charge in [0.15, 0.2) is 5.60 Å². The van der Waals surface area contributed by atoms with Gasteiger partial charge in [0.05, 0.1) is 0 Å². The molecule has 0 saturated heterocycles. The molecule has 3 N–H and O–H groups in total. The van der Waals surface area contributed by atoms with Crippen LogP contribution in [-0.2, 0) is 9.59 Å². The third-order valence-corrected chi connectivity index (χ3v) is 7.03. The van der Waals surface area contributed by atoms with Crippen molar-refractivity contribution in [3.8, 4) is 5.75 Å². The maximum Gasteiger partial charge on any atom is 0.263 e. The van der Waals surface area contributed by atoms with Gasteiger partial charge < -0.3 is 15.8 Å². The SMILES string of the molecule is Cc1ccc(OC(C)(C)C(=O)NC2C3CC4CC2CC(C(N)=O)(C4)C3)cc1. The standard InChI is InChI=1S/C22H30N2O3/c1-13-4-6-17(7-5-13)27-21(2,3)20(26)24-18-15-8-14-9-16(18)12-22(10-14,11-15)19(23)25/h4-7,14-16,18H,8-12H2,1-3H3,(H2,23,25)(H,24,26). The number of amides is 2. The van der Waals surface area contributed by atoms with Crippen molar-refractivity contribution in [2.75, 3.05) is 0 Å². The summed E-state index contributed by atoms with van der Waals surface area (Å²) in [6.07, 6.45) is 4.77. The molecule has 5 heteroatoms. The highest BCUT2D eigenvalue weighted by Crippen LogP contribution is 2.59. The molecule has 4 fully saturated rings. The number of nitrogens with two attached hydrogens (primary N) is 1. The predicted molar refractivity (Wildman–Crippen MR) is 103 cm³/mol. The summed E-state index contributed by atoms with van der Waals surface area (Å²) in [5.41, 5.74) is 5.63. The normalized spacial score (nSPS) is 34.3. The molecule has 0 heterocycles. The van der Waals surface area contributed by atoms with Crippen molar-refractivity contribution in [3.05, 3.63) is 29.8 Å². The Labute approximate surface area is 161 Å². The Bertz CT molecular complexity index is 739. The van der Waals surface area contributed by atoms with Crippen LogP contribution in [0.4, 0.5) is 0 Å². The highest BCUT2D eigenvalue weighted by Gasteiger charge is 2.58. The summed E-state index contributed by atoms with van der Waals surface area (Å²) in [5, 5.41) is 3.27.